The monoisotopic (exact) mass is 391 g/mol. The molecule has 1 N–H and O–H groups in total. The van der Waals surface area contributed by atoms with E-state index in [0.717, 1.165) is 11.3 Å². The van der Waals surface area contributed by atoms with Crippen molar-refractivity contribution < 1.29 is 9.53 Å². The zero-order chi connectivity index (χ0) is 20.6. The summed E-state index contributed by atoms with van der Waals surface area (Å²) in [6.45, 7) is 4.63. The van der Waals surface area contributed by atoms with Crippen molar-refractivity contribution in [3.63, 3.8) is 0 Å². The first kappa shape index (κ1) is 20.3. The van der Waals surface area contributed by atoms with Crippen LogP contribution in [0.3, 0.4) is 0 Å². The zero-order valence-corrected chi connectivity index (χ0v) is 16.6. The molecule has 0 fully saturated rings. The molecule has 3 aromatic rings. The van der Waals surface area contributed by atoms with Crippen LogP contribution >= 0.6 is 0 Å². The minimum absolute atomic E-state index is 0.146. The number of ether oxygens (including phenoxy) is 1. The summed E-state index contributed by atoms with van der Waals surface area (Å²) in [5, 5.41) is 7.25. The SMILES string of the molecule is CC(C)C(NC(=O)c1ccc(=O)n(CCOc2ccccc2)n1)c1ccccc1. The van der Waals surface area contributed by atoms with Crippen LogP contribution in [0.25, 0.3) is 0 Å². The Kier molecular flexibility index (Phi) is 6.79. The van der Waals surface area contributed by atoms with Crippen LogP contribution in [0.2, 0.25) is 0 Å². The Morgan fingerprint density at radius 3 is 2.31 bits per heavy atom. The molecule has 29 heavy (non-hydrogen) atoms. The summed E-state index contributed by atoms with van der Waals surface area (Å²) in [6, 6.07) is 21.8. The second kappa shape index (κ2) is 9.68. The molecule has 0 bridgehead atoms. The van der Waals surface area contributed by atoms with Gasteiger partial charge in [0.1, 0.15) is 18.1 Å². The van der Waals surface area contributed by atoms with Crippen LogP contribution in [0.15, 0.2) is 77.6 Å². The first-order valence-corrected chi connectivity index (χ1v) is 9.66. The lowest BCUT2D eigenvalue weighted by Crippen LogP contribution is -2.34. The number of carbonyl (C=O) groups is 1. The maximum absolute atomic E-state index is 12.8. The van der Waals surface area contributed by atoms with Crippen LogP contribution in [0, 0.1) is 5.92 Å². The predicted molar refractivity (Wildman–Crippen MR) is 112 cm³/mol. The summed E-state index contributed by atoms with van der Waals surface area (Å²) in [5.74, 6) is 0.605. The first-order chi connectivity index (χ1) is 14.0. The molecule has 0 saturated heterocycles. The van der Waals surface area contributed by atoms with Gasteiger partial charge < -0.3 is 10.1 Å². The fraction of sp³-hybridized carbons (Fsp3) is 0.261. The summed E-state index contributed by atoms with van der Waals surface area (Å²) in [4.78, 5) is 24.9. The fourth-order valence-corrected chi connectivity index (χ4v) is 3.01. The number of nitrogens with zero attached hydrogens (tertiary/aromatic N) is 2. The molecular weight excluding hydrogens is 366 g/mol. The molecule has 1 unspecified atom stereocenters. The third kappa shape index (κ3) is 5.54. The van der Waals surface area contributed by atoms with Gasteiger partial charge in [0.25, 0.3) is 11.5 Å². The molecule has 0 aliphatic rings. The Balaban J connectivity index is 1.69. The smallest absolute Gasteiger partial charge is 0.272 e. The van der Waals surface area contributed by atoms with E-state index in [1.54, 1.807) is 0 Å². The highest BCUT2D eigenvalue weighted by Gasteiger charge is 2.20. The minimum atomic E-state index is -0.315. The normalized spacial score (nSPS) is 11.8. The van der Waals surface area contributed by atoms with Gasteiger partial charge in [-0.15, -0.1) is 0 Å². The average Bonchev–Trinajstić information content (AvgIpc) is 2.74. The average molecular weight is 391 g/mol. The molecule has 150 valence electrons. The highest BCUT2D eigenvalue weighted by atomic mass is 16.5. The standard InChI is InChI=1S/C23H25N3O3/c1-17(2)22(18-9-5-3-6-10-18)24-23(28)20-13-14-21(27)26(25-20)15-16-29-19-11-7-4-8-12-19/h3-14,17,22H,15-16H2,1-2H3,(H,24,28). The van der Waals surface area contributed by atoms with Gasteiger partial charge in [-0.3, -0.25) is 9.59 Å². The van der Waals surface area contributed by atoms with E-state index < -0.39 is 0 Å². The van der Waals surface area contributed by atoms with Gasteiger partial charge in [0.05, 0.1) is 12.6 Å². The van der Waals surface area contributed by atoms with Crippen molar-refractivity contribution in [1.82, 2.24) is 15.1 Å². The van der Waals surface area contributed by atoms with E-state index in [4.69, 9.17) is 4.74 Å². The molecule has 6 heteroatoms. The van der Waals surface area contributed by atoms with Gasteiger partial charge in [0, 0.05) is 6.07 Å². The van der Waals surface area contributed by atoms with Crippen LogP contribution in [-0.2, 0) is 6.54 Å². The zero-order valence-electron chi connectivity index (χ0n) is 16.6. The number of nitrogens with one attached hydrogen (secondary N) is 1. The third-order valence-electron chi connectivity index (χ3n) is 4.53. The lowest BCUT2D eigenvalue weighted by atomic mass is 9.96. The van der Waals surface area contributed by atoms with Crippen LogP contribution < -0.4 is 15.6 Å². The maximum atomic E-state index is 12.8. The topological polar surface area (TPSA) is 73.2 Å². The lowest BCUT2D eigenvalue weighted by Gasteiger charge is -2.22. The van der Waals surface area contributed by atoms with Crippen molar-refractivity contribution in [2.24, 2.45) is 5.92 Å². The fourth-order valence-electron chi connectivity index (χ4n) is 3.01. The number of aromatic nitrogens is 2. The Labute approximate surface area is 170 Å². The second-order valence-corrected chi connectivity index (χ2v) is 7.05. The molecule has 1 atom stereocenters. The van der Waals surface area contributed by atoms with Crippen LogP contribution in [0.4, 0.5) is 0 Å². The molecule has 1 aromatic heterocycles. The van der Waals surface area contributed by atoms with Gasteiger partial charge in [-0.1, -0.05) is 62.4 Å². The Hall–Kier alpha value is -3.41. The number of rotatable bonds is 8. The molecule has 6 nitrogen and oxygen atoms in total. The number of amides is 1. The molecule has 1 amide bonds. The summed E-state index contributed by atoms with van der Waals surface area (Å²) < 4.78 is 6.87. The van der Waals surface area contributed by atoms with Crippen molar-refractivity contribution in [3.8, 4) is 5.75 Å². The van der Waals surface area contributed by atoms with Gasteiger partial charge in [-0.25, -0.2) is 4.68 Å². The summed E-state index contributed by atoms with van der Waals surface area (Å²) in [7, 11) is 0. The van der Waals surface area contributed by atoms with E-state index in [1.807, 2.05) is 74.5 Å². The lowest BCUT2D eigenvalue weighted by molar-refractivity contribution is 0.0917. The number of hydrogen-bond donors (Lipinski definition) is 1. The van der Waals surface area contributed by atoms with Crippen molar-refractivity contribution in [2.45, 2.75) is 26.4 Å². The van der Waals surface area contributed by atoms with Crippen LogP contribution in [-0.4, -0.2) is 22.3 Å². The molecule has 0 saturated carbocycles. The van der Waals surface area contributed by atoms with E-state index in [1.165, 1.54) is 16.8 Å². The van der Waals surface area contributed by atoms with E-state index in [9.17, 15) is 9.59 Å². The molecule has 3 rings (SSSR count). The molecule has 0 spiro atoms. The molecule has 2 aromatic carbocycles. The molecular formula is C23H25N3O3. The largest absolute Gasteiger partial charge is 0.492 e. The number of hydrogen-bond acceptors (Lipinski definition) is 4. The quantitative estimate of drug-likeness (QED) is 0.638. The molecule has 0 radical (unpaired) electrons. The van der Waals surface area contributed by atoms with Crippen LogP contribution in [0.5, 0.6) is 5.75 Å². The van der Waals surface area contributed by atoms with Crippen molar-refractivity contribution >= 4 is 5.91 Å². The Morgan fingerprint density at radius 1 is 1.00 bits per heavy atom. The highest BCUT2D eigenvalue weighted by molar-refractivity contribution is 5.92. The van der Waals surface area contributed by atoms with Crippen molar-refractivity contribution in [1.29, 1.82) is 0 Å². The van der Waals surface area contributed by atoms with E-state index >= 15 is 0 Å². The number of carbonyl (C=O) groups excluding carboxylic acids is 1. The van der Waals surface area contributed by atoms with Gasteiger partial charge >= 0.3 is 0 Å². The number of benzene rings is 2. The maximum Gasteiger partial charge on any atom is 0.272 e. The van der Waals surface area contributed by atoms with E-state index in [0.29, 0.717) is 0 Å². The molecule has 0 aliphatic heterocycles. The Morgan fingerprint density at radius 2 is 1.66 bits per heavy atom. The van der Waals surface area contributed by atoms with Crippen molar-refractivity contribution in [3.05, 3.63) is 94.4 Å². The second-order valence-electron chi connectivity index (χ2n) is 7.05. The van der Waals surface area contributed by atoms with Gasteiger partial charge in [0.15, 0.2) is 0 Å². The van der Waals surface area contributed by atoms with Crippen LogP contribution in [0.1, 0.15) is 35.9 Å². The van der Waals surface area contributed by atoms with Gasteiger partial charge in [0.2, 0.25) is 0 Å². The Bertz CT molecular complexity index is 985. The number of para-hydroxylation sites is 1. The highest BCUT2D eigenvalue weighted by Crippen LogP contribution is 2.21. The van der Waals surface area contributed by atoms with Gasteiger partial charge in [-0.05, 0) is 29.7 Å². The molecule has 1 heterocycles. The predicted octanol–water partition coefficient (Wildman–Crippen LogP) is 3.45. The van der Waals surface area contributed by atoms with Crippen molar-refractivity contribution in [2.75, 3.05) is 6.61 Å². The molecule has 0 aliphatic carbocycles. The van der Waals surface area contributed by atoms with E-state index in [-0.39, 0.29) is 42.3 Å². The van der Waals surface area contributed by atoms with E-state index in [2.05, 4.69) is 10.4 Å². The first-order valence-electron chi connectivity index (χ1n) is 9.66. The minimum Gasteiger partial charge on any atom is -0.492 e. The third-order valence-corrected chi connectivity index (χ3v) is 4.53. The summed E-state index contributed by atoms with van der Waals surface area (Å²) >= 11 is 0. The summed E-state index contributed by atoms with van der Waals surface area (Å²) in [5.41, 5.74) is 0.952. The summed E-state index contributed by atoms with van der Waals surface area (Å²) in [6.07, 6.45) is 0. The van der Waals surface area contributed by atoms with Gasteiger partial charge in [-0.2, -0.15) is 5.10 Å².